The van der Waals surface area contributed by atoms with Crippen LogP contribution in [-0.4, -0.2) is 44.4 Å². The highest BCUT2D eigenvalue weighted by atomic mass is 32.2. The van der Waals surface area contributed by atoms with Gasteiger partial charge in [0.1, 0.15) is 0 Å². The molecule has 2 saturated carbocycles. The Bertz CT molecular complexity index is 446. The highest BCUT2D eigenvalue weighted by molar-refractivity contribution is 7.87. The SMILES string of the molecule is CC(CNS(=O)(=O)N1CCCCC1CNC1CC1)C1CC1. The van der Waals surface area contributed by atoms with Crippen molar-refractivity contribution in [1.82, 2.24) is 14.3 Å². The molecule has 0 aromatic heterocycles. The monoisotopic (exact) mass is 315 g/mol. The highest BCUT2D eigenvalue weighted by Gasteiger charge is 2.34. The number of hydrogen-bond donors (Lipinski definition) is 2. The Morgan fingerprint density at radius 2 is 1.90 bits per heavy atom. The maximum atomic E-state index is 12.6. The summed E-state index contributed by atoms with van der Waals surface area (Å²) in [6.45, 7) is 4.22. The van der Waals surface area contributed by atoms with Crippen LogP contribution in [0, 0.1) is 11.8 Å². The molecule has 21 heavy (non-hydrogen) atoms. The van der Waals surface area contributed by atoms with Crippen LogP contribution in [0.2, 0.25) is 0 Å². The molecule has 0 aromatic rings. The number of hydrogen-bond acceptors (Lipinski definition) is 3. The molecule has 3 fully saturated rings. The Morgan fingerprint density at radius 3 is 2.57 bits per heavy atom. The van der Waals surface area contributed by atoms with Gasteiger partial charge in [-0.25, -0.2) is 4.72 Å². The molecular formula is C15H29N3O2S. The summed E-state index contributed by atoms with van der Waals surface area (Å²) < 4.78 is 29.7. The molecule has 5 nitrogen and oxygen atoms in total. The molecule has 3 rings (SSSR count). The Balaban J connectivity index is 1.54. The molecule has 2 unspecified atom stereocenters. The third kappa shape index (κ3) is 4.41. The minimum absolute atomic E-state index is 0.132. The van der Waals surface area contributed by atoms with Crippen LogP contribution >= 0.6 is 0 Å². The predicted octanol–water partition coefficient (Wildman–Crippen LogP) is 1.47. The summed E-state index contributed by atoms with van der Waals surface area (Å²) in [6.07, 6.45) is 8.13. The molecule has 0 aromatic carbocycles. The Labute approximate surface area is 129 Å². The van der Waals surface area contributed by atoms with Crippen molar-refractivity contribution in [2.24, 2.45) is 11.8 Å². The quantitative estimate of drug-likeness (QED) is 0.713. The van der Waals surface area contributed by atoms with Gasteiger partial charge in [0, 0.05) is 31.7 Å². The summed E-state index contributed by atoms with van der Waals surface area (Å²) in [5.74, 6) is 1.20. The van der Waals surface area contributed by atoms with Crippen molar-refractivity contribution >= 4 is 10.2 Å². The highest BCUT2D eigenvalue weighted by Crippen LogP contribution is 2.36. The van der Waals surface area contributed by atoms with Crippen LogP contribution in [0.5, 0.6) is 0 Å². The van der Waals surface area contributed by atoms with Crippen molar-refractivity contribution in [2.75, 3.05) is 19.6 Å². The summed E-state index contributed by atoms with van der Waals surface area (Å²) >= 11 is 0. The maximum absolute atomic E-state index is 12.6. The fraction of sp³-hybridized carbons (Fsp3) is 1.00. The van der Waals surface area contributed by atoms with Gasteiger partial charge in [-0.1, -0.05) is 13.3 Å². The normalized spacial score (nSPS) is 29.5. The van der Waals surface area contributed by atoms with E-state index in [0.29, 0.717) is 25.0 Å². The van der Waals surface area contributed by atoms with Gasteiger partial charge in [-0.15, -0.1) is 0 Å². The smallest absolute Gasteiger partial charge is 0.279 e. The van der Waals surface area contributed by atoms with Crippen LogP contribution < -0.4 is 10.0 Å². The van der Waals surface area contributed by atoms with E-state index in [-0.39, 0.29) is 6.04 Å². The molecule has 0 amide bonds. The molecule has 2 N–H and O–H groups in total. The largest absolute Gasteiger partial charge is 0.312 e. The van der Waals surface area contributed by atoms with E-state index in [4.69, 9.17) is 0 Å². The number of nitrogens with one attached hydrogen (secondary N) is 2. The van der Waals surface area contributed by atoms with Crippen molar-refractivity contribution < 1.29 is 8.42 Å². The van der Waals surface area contributed by atoms with E-state index in [2.05, 4.69) is 17.0 Å². The molecular weight excluding hydrogens is 286 g/mol. The van der Waals surface area contributed by atoms with Gasteiger partial charge in [0.2, 0.25) is 0 Å². The van der Waals surface area contributed by atoms with Crippen LogP contribution in [0.3, 0.4) is 0 Å². The van der Waals surface area contributed by atoms with Crippen molar-refractivity contribution in [3.8, 4) is 0 Å². The Morgan fingerprint density at radius 1 is 1.14 bits per heavy atom. The second kappa shape index (κ2) is 6.52. The molecule has 0 bridgehead atoms. The lowest BCUT2D eigenvalue weighted by Crippen LogP contribution is -2.53. The summed E-state index contributed by atoms with van der Waals surface area (Å²) in [7, 11) is -3.32. The number of rotatable bonds is 8. The van der Waals surface area contributed by atoms with E-state index >= 15 is 0 Å². The third-order valence-corrected chi connectivity index (χ3v) is 6.75. The molecule has 3 aliphatic rings. The molecule has 2 atom stereocenters. The number of piperidine rings is 1. The van der Waals surface area contributed by atoms with Gasteiger partial charge < -0.3 is 5.32 Å². The van der Waals surface area contributed by atoms with E-state index in [0.717, 1.165) is 31.7 Å². The van der Waals surface area contributed by atoms with Crippen molar-refractivity contribution in [1.29, 1.82) is 0 Å². The first-order valence-corrected chi connectivity index (χ1v) is 10.00. The standard InChI is InChI=1S/C15H29N3O2S/c1-12(13-5-6-13)10-17-21(19,20)18-9-3-2-4-15(18)11-16-14-7-8-14/h12-17H,2-11H2,1H3. The van der Waals surface area contributed by atoms with Crippen LogP contribution in [0.25, 0.3) is 0 Å². The molecule has 6 heteroatoms. The fourth-order valence-corrected chi connectivity index (χ4v) is 4.82. The van der Waals surface area contributed by atoms with Gasteiger partial charge in [-0.05, 0) is 50.4 Å². The van der Waals surface area contributed by atoms with Gasteiger partial charge in [0.15, 0.2) is 0 Å². The fourth-order valence-electron chi connectivity index (χ4n) is 3.24. The molecule has 1 saturated heterocycles. The molecule has 2 aliphatic carbocycles. The zero-order chi connectivity index (χ0) is 14.9. The van der Waals surface area contributed by atoms with Gasteiger partial charge >= 0.3 is 0 Å². The van der Waals surface area contributed by atoms with Crippen molar-refractivity contribution in [3.05, 3.63) is 0 Å². The van der Waals surface area contributed by atoms with E-state index in [1.807, 2.05) is 0 Å². The molecule has 0 radical (unpaired) electrons. The topological polar surface area (TPSA) is 61.4 Å². The first-order valence-electron chi connectivity index (χ1n) is 8.56. The average Bonchev–Trinajstić information content (AvgIpc) is 3.36. The third-order valence-electron chi connectivity index (χ3n) is 5.12. The van der Waals surface area contributed by atoms with E-state index in [1.165, 1.54) is 25.7 Å². The predicted molar refractivity (Wildman–Crippen MR) is 84.2 cm³/mol. The minimum atomic E-state index is -3.32. The van der Waals surface area contributed by atoms with Gasteiger partial charge in [-0.3, -0.25) is 0 Å². The molecule has 1 heterocycles. The maximum Gasteiger partial charge on any atom is 0.279 e. The van der Waals surface area contributed by atoms with E-state index < -0.39 is 10.2 Å². The van der Waals surface area contributed by atoms with Crippen LogP contribution in [0.15, 0.2) is 0 Å². The van der Waals surface area contributed by atoms with E-state index in [1.54, 1.807) is 4.31 Å². The van der Waals surface area contributed by atoms with Crippen LogP contribution in [-0.2, 0) is 10.2 Å². The second-order valence-electron chi connectivity index (χ2n) is 7.11. The minimum Gasteiger partial charge on any atom is -0.312 e. The lowest BCUT2D eigenvalue weighted by Gasteiger charge is -2.35. The van der Waals surface area contributed by atoms with Gasteiger partial charge in [-0.2, -0.15) is 12.7 Å². The first-order chi connectivity index (χ1) is 10.1. The summed E-state index contributed by atoms with van der Waals surface area (Å²) in [4.78, 5) is 0. The molecule has 1 aliphatic heterocycles. The Hall–Kier alpha value is -0.170. The molecule has 122 valence electrons. The summed E-state index contributed by atoms with van der Waals surface area (Å²) in [6, 6.07) is 0.771. The van der Waals surface area contributed by atoms with E-state index in [9.17, 15) is 8.42 Å². The van der Waals surface area contributed by atoms with Gasteiger partial charge in [0.05, 0.1) is 0 Å². The van der Waals surface area contributed by atoms with Crippen molar-refractivity contribution in [2.45, 2.75) is 64.0 Å². The zero-order valence-electron chi connectivity index (χ0n) is 13.1. The lowest BCUT2D eigenvalue weighted by atomic mass is 10.1. The summed E-state index contributed by atoms with van der Waals surface area (Å²) in [5, 5.41) is 3.49. The zero-order valence-corrected chi connectivity index (χ0v) is 13.9. The van der Waals surface area contributed by atoms with Crippen molar-refractivity contribution in [3.63, 3.8) is 0 Å². The van der Waals surface area contributed by atoms with Crippen LogP contribution in [0.4, 0.5) is 0 Å². The van der Waals surface area contributed by atoms with Crippen LogP contribution in [0.1, 0.15) is 51.9 Å². The summed E-state index contributed by atoms with van der Waals surface area (Å²) in [5.41, 5.74) is 0. The lowest BCUT2D eigenvalue weighted by molar-refractivity contribution is 0.241. The Kier molecular flexibility index (Phi) is 4.88. The second-order valence-corrected chi connectivity index (χ2v) is 8.82. The number of nitrogens with zero attached hydrogens (tertiary/aromatic N) is 1. The first kappa shape index (κ1) is 15.7. The van der Waals surface area contributed by atoms with Gasteiger partial charge in [0.25, 0.3) is 10.2 Å². The average molecular weight is 315 g/mol. The molecule has 0 spiro atoms.